The van der Waals surface area contributed by atoms with Crippen molar-refractivity contribution in [3.8, 4) is 0 Å². The van der Waals surface area contributed by atoms with E-state index in [1.165, 1.54) is 116 Å². The third-order valence-corrected chi connectivity index (χ3v) is 8.94. The first-order valence-corrected chi connectivity index (χ1v) is 20.5. The first kappa shape index (κ1) is 46.1. The predicted molar refractivity (Wildman–Crippen MR) is 205 cm³/mol. The molecule has 0 aliphatic carbocycles. The van der Waals surface area contributed by atoms with Gasteiger partial charge in [-0.1, -0.05) is 179 Å². The second-order valence-electron chi connectivity index (χ2n) is 13.7. The zero-order valence-corrected chi connectivity index (χ0v) is 31.7. The zero-order chi connectivity index (χ0) is 35.0. The number of hydrogen-bond acceptors (Lipinski definition) is 5. The van der Waals surface area contributed by atoms with Crippen LogP contribution in [0.1, 0.15) is 206 Å². The maximum absolute atomic E-state index is 12.2. The first-order chi connectivity index (χ1) is 23.6. The summed E-state index contributed by atoms with van der Waals surface area (Å²) >= 11 is 0. The van der Waals surface area contributed by atoms with Crippen LogP contribution in [0.25, 0.3) is 0 Å². The molecule has 1 N–H and O–H groups in total. The summed E-state index contributed by atoms with van der Waals surface area (Å²) in [5, 5.41) is 9.56. The lowest BCUT2D eigenvalue weighted by Crippen LogP contribution is -2.28. The monoisotopic (exact) mass is 675 g/mol. The van der Waals surface area contributed by atoms with Gasteiger partial charge in [-0.3, -0.25) is 9.59 Å². The zero-order valence-electron chi connectivity index (χ0n) is 31.7. The van der Waals surface area contributed by atoms with Crippen LogP contribution >= 0.6 is 0 Å². The number of carbonyl (C=O) groups is 2. The van der Waals surface area contributed by atoms with Crippen molar-refractivity contribution in [2.75, 3.05) is 13.2 Å². The van der Waals surface area contributed by atoms with Crippen molar-refractivity contribution in [2.45, 2.75) is 213 Å². The van der Waals surface area contributed by atoms with Gasteiger partial charge in [0.2, 0.25) is 0 Å². The van der Waals surface area contributed by atoms with Crippen molar-refractivity contribution in [1.29, 1.82) is 0 Å². The molecule has 280 valence electrons. The molecule has 0 aromatic rings. The summed E-state index contributed by atoms with van der Waals surface area (Å²) in [6.07, 6.45) is 47.7. The molecule has 1 atom stereocenters. The van der Waals surface area contributed by atoms with Gasteiger partial charge in [-0.25, -0.2) is 0 Å². The maximum atomic E-state index is 12.2. The van der Waals surface area contributed by atoms with Gasteiger partial charge < -0.3 is 14.6 Å². The highest BCUT2D eigenvalue weighted by Gasteiger charge is 2.16. The highest BCUT2D eigenvalue weighted by Crippen LogP contribution is 2.15. The molecule has 0 saturated heterocycles. The van der Waals surface area contributed by atoms with E-state index < -0.39 is 6.10 Å². The Balaban J connectivity index is 3.57. The Bertz CT molecular complexity index is 771. The fourth-order valence-electron chi connectivity index (χ4n) is 5.80. The van der Waals surface area contributed by atoms with Crippen LogP contribution in [0.3, 0.4) is 0 Å². The van der Waals surface area contributed by atoms with E-state index in [2.05, 4.69) is 50.3 Å². The predicted octanol–water partition coefficient (Wildman–Crippen LogP) is 12.8. The SMILES string of the molecule is CCCCC/C=C\C/C=C\C/C=C\CCCCCCC(=O)O[C@@H](CO)COC(=O)CCCCCCCCCCCCCCCCCCC. The fourth-order valence-corrected chi connectivity index (χ4v) is 5.80. The number of aliphatic hydroxyl groups is 1. The first-order valence-electron chi connectivity index (χ1n) is 20.5. The van der Waals surface area contributed by atoms with Crippen LogP contribution < -0.4 is 0 Å². The number of hydrogen-bond donors (Lipinski definition) is 1. The third-order valence-electron chi connectivity index (χ3n) is 8.94. The van der Waals surface area contributed by atoms with E-state index in [0.717, 1.165) is 64.2 Å². The second kappa shape index (κ2) is 39.6. The Morgan fingerprint density at radius 3 is 1.29 bits per heavy atom. The van der Waals surface area contributed by atoms with E-state index in [4.69, 9.17) is 9.47 Å². The van der Waals surface area contributed by atoms with Crippen molar-refractivity contribution in [2.24, 2.45) is 0 Å². The van der Waals surface area contributed by atoms with Gasteiger partial charge in [-0.15, -0.1) is 0 Å². The van der Waals surface area contributed by atoms with Gasteiger partial charge in [0.25, 0.3) is 0 Å². The molecule has 0 bridgehead atoms. The minimum Gasteiger partial charge on any atom is -0.462 e. The molecule has 48 heavy (non-hydrogen) atoms. The molecular weight excluding hydrogens is 596 g/mol. The molecule has 0 radical (unpaired) electrons. The van der Waals surface area contributed by atoms with Crippen LogP contribution in [0, 0.1) is 0 Å². The van der Waals surface area contributed by atoms with Crippen molar-refractivity contribution < 1.29 is 24.2 Å². The topological polar surface area (TPSA) is 72.8 Å². The Morgan fingerprint density at radius 2 is 0.833 bits per heavy atom. The minimum atomic E-state index is -0.780. The van der Waals surface area contributed by atoms with Gasteiger partial charge in [0, 0.05) is 12.8 Å². The molecule has 5 heteroatoms. The second-order valence-corrected chi connectivity index (χ2v) is 13.7. The summed E-state index contributed by atoms with van der Waals surface area (Å²) in [5.74, 6) is -0.610. The van der Waals surface area contributed by atoms with E-state index in [9.17, 15) is 14.7 Å². The highest BCUT2D eigenvalue weighted by molar-refractivity contribution is 5.70. The number of esters is 2. The van der Waals surface area contributed by atoms with Gasteiger partial charge in [-0.2, -0.15) is 0 Å². The van der Waals surface area contributed by atoms with Crippen LogP contribution in [-0.2, 0) is 19.1 Å². The van der Waals surface area contributed by atoms with Crippen LogP contribution in [0.5, 0.6) is 0 Å². The minimum absolute atomic E-state index is 0.0721. The Labute approximate surface area is 297 Å². The molecule has 0 aliphatic rings. The fraction of sp³-hybridized carbons (Fsp3) is 0.814. The van der Waals surface area contributed by atoms with Crippen molar-refractivity contribution >= 4 is 11.9 Å². The van der Waals surface area contributed by atoms with E-state index >= 15 is 0 Å². The number of rotatable bonds is 37. The Morgan fingerprint density at radius 1 is 0.479 bits per heavy atom. The van der Waals surface area contributed by atoms with Gasteiger partial charge >= 0.3 is 11.9 Å². The van der Waals surface area contributed by atoms with Gasteiger partial charge in [0.1, 0.15) is 6.61 Å². The number of carbonyl (C=O) groups excluding carboxylic acids is 2. The summed E-state index contributed by atoms with van der Waals surface area (Å²) in [5.41, 5.74) is 0. The lowest BCUT2D eigenvalue weighted by molar-refractivity contribution is -0.161. The molecular formula is C43H78O5. The molecule has 5 nitrogen and oxygen atoms in total. The van der Waals surface area contributed by atoms with E-state index in [1.54, 1.807) is 0 Å². The van der Waals surface area contributed by atoms with Crippen molar-refractivity contribution in [3.05, 3.63) is 36.5 Å². The molecule has 0 rings (SSSR count). The Kier molecular flexibility index (Phi) is 38.0. The summed E-state index contributed by atoms with van der Waals surface area (Å²) < 4.78 is 10.6. The molecule has 0 amide bonds. The van der Waals surface area contributed by atoms with Gasteiger partial charge in [-0.05, 0) is 51.4 Å². The van der Waals surface area contributed by atoms with E-state index in [1.807, 2.05) is 0 Å². The van der Waals surface area contributed by atoms with Gasteiger partial charge in [0.05, 0.1) is 6.61 Å². The summed E-state index contributed by atoms with van der Waals surface area (Å²) in [6, 6.07) is 0. The number of unbranched alkanes of at least 4 members (excludes halogenated alkanes) is 23. The average molecular weight is 675 g/mol. The van der Waals surface area contributed by atoms with Crippen LogP contribution in [0.2, 0.25) is 0 Å². The highest BCUT2D eigenvalue weighted by atomic mass is 16.6. The largest absolute Gasteiger partial charge is 0.462 e. The van der Waals surface area contributed by atoms with Crippen LogP contribution in [-0.4, -0.2) is 36.4 Å². The quantitative estimate of drug-likeness (QED) is 0.0403. The molecule has 0 heterocycles. The molecule has 0 spiro atoms. The normalized spacial score (nSPS) is 12.5. The third kappa shape index (κ3) is 36.9. The Hall–Kier alpha value is -1.88. The lowest BCUT2D eigenvalue weighted by Gasteiger charge is -2.15. The van der Waals surface area contributed by atoms with Crippen LogP contribution in [0.15, 0.2) is 36.5 Å². The molecule has 0 fully saturated rings. The van der Waals surface area contributed by atoms with Crippen molar-refractivity contribution in [1.82, 2.24) is 0 Å². The number of ether oxygens (including phenoxy) is 2. The van der Waals surface area contributed by atoms with Gasteiger partial charge in [0.15, 0.2) is 6.10 Å². The molecule has 0 aromatic carbocycles. The molecule has 0 aliphatic heterocycles. The lowest BCUT2D eigenvalue weighted by atomic mass is 10.0. The summed E-state index contributed by atoms with van der Waals surface area (Å²) in [7, 11) is 0. The summed E-state index contributed by atoms with van der Waals surface area (Å²) in [6.45, 7) is 4.10. The number of allylic oxidation sites excluding steroid dienone is 6. The average Bonchev–Trinajstić information content (AvgIpc) is 3.09. The van der Waals surface area contributed by atoms with E-state index in [-0.39, 0.29) is 25.2 Å². The standard InChI is InChI=1S/C43H78O5/c1-3-5-7-9-11-13-15-17-19-21-23-25-27-29-31-33-35-37-42(45)47-40-41(39-44)48-43(46)38-36-34-32-30-28-26-24-22-20-18-16-14-12-10-8-6-4-2/h12,14,18,20,24,26,41,44H,3-11,13,15-17,19,21-23,25,27-40H2,1-2H3/b14-12-,20-18-,26-24-/t41-/m0/s1. The number of aliphatic hydroxyl groups excluding tert-OH is 1. The van der Waals surface area contributed by atoms with E-state index in [0.29, 0.717) is 12.8 Å². The van der Waals surface area contributed by atoms with Crippen LogP contribution in [0.4, 0.5) is 0 Å². The molecule has 0 saturated carbocycles. The smallest absolute Gasteiger partial charge is 0.306 e. The maximum Gasteiger partial charge on any atom is 0.306 e. The molecule has 0 aromatic heterocycles. The van der Waals surface area contributed by atoms with Crippen molar-refractivity contribution in [3.63, 3.8) is 0 Å². The molecule has 0 unspecified atom stereocenters. The summed E-state index contributed by atoms with van der Waals surface area (Å²) in [4.78, 5) is 24.3.